The Labute approximate surface area is 176 Å². The van der Waals surface area contributed by atoms with Crippen LogP contribution in [0, 0.1) is 0 Å². The monoisotopic (exact) mass is 396 g/mol. The molecule has 0 radical (unpaired) electrons. The van der Waals surface area contributed by atoms with Crippen molar-refractivity contribution in [1.29, 1.82) is 0 Å². The summed E-state index contributed by atoms with van der Waals surface area (Å²) >= 11 is 0. The predicted molar refractivity (Wildman–Crippen MR) is 122 cm³/mol. The Bertz CT molecular complexity index is 1140. The van der Waals surface area contributed by atoms with E-state index in [9.17, 15) is 0 Å². The average molecular weight is 396 g/mol. The molecule has 0 amide bonds. The minimum atomic E-state index is 0.0484. The number of ether oxygens (including phenoxy) is 2. The highest BCUT2D eigenvalue weighted by Crippen LogP contribution is 2.39. The van der Waals surface area contributed by atoms with E-state index in [1.54, 1.807) is 0 Å². The number of anilines is 2. The number of para-hydroxylation sites is 2. The third-order valence-electron chi connectivity index (χ3n) is 4.96. The highest BCUT2D eigenvalue weighted by atomic mass is 16.5. The van der Waals surface area contributed by atoms with Gasteiger partial charge >= 0.3 is 0 Å². The lowest BCUT2D eigenvalue weighted by molar-refractivity contribution is 0.466. The van der Waals surface area contributed by atoms with Gasteiger partial charge in [0.1, 0.15) is 23.0 Å². The van der Waals surface area contributed by atoms with E-state index in [0.717, 1.165) is 28.4 Å². The van der Waals surface area contributed by atoms with Crippen LogP contribution in [-0.4, -0.2) is 0 Å². The summed E-state index contributed by atoms with van der Waals surface area (Å²) in [6.45, 7) is 2.15. The van der Waals surface area contributed by atoms with Crippen molar-refractivity contribution in [2.75, 3.05) is 11.5 Å². The normalized spacial score (nSPS) is 11.6. The number of hydrogen-bond acceptors (Lipinski definition) is 4. The van der Waals surface area contributed by atoms with Gasteiger partial charge in [-0.1, -0.05) is 49.4 Å². The Morgan fingerprint density at radius 3 is 1.73 bits per heavy atom. The lowest BCUT2D eigenvalue weighted by Gasteiger charge is -2.20. The van der Waals surface area contributed by atoms with E-state index < -0.39 is 0 Å². The van der Waals surface area contributed by atoms with E-state index in [1.807, 2.05) is 84.9 Å². The summed E-state index contributed by atoms with van der Waals surface area (Å²) in [5.74, 6) is 3.09. The van der Waals surface area contributed by atoms with E-state index in [4.69, 9.17) is 20.9 Å². The van der Waals surface area contributed by atoms with Gasteiger partial charge in [-0.05, 0) is 48.5 Å². The third kappa shape index (κ3) is 4.39. The van der Waals surface area contributed by atoms with Crippen LogP contribution >= 0.6 is 0 Å². The van der Waals surface area contributed by atoms with Gasteiger partial charge in [-0.3, -0.25) is 0 Å². The Morgan fingerprint density at radius 1 is 0.567 bits per heavy atom. The Hall–Kier alpha value is -3.92. The molecular formula is C26H24N2O2. The fourth-order valence-corrected chi connectivity index (χ4v) is 3.40. The summed E-state index contributed by atoms with van der Waals surface area (Å²) in [6.07, 6.45) is 0. The van der Waals surface area contributed by atoms with Crippen LogP contribution in [0.25, 0.3) is 0 Å². The minimum Gasteiger partial charge on any atom is -0.457 e. The molecule has 0 spiro atoms. The Balaban J connectivity index is 1.65. The SMILES string of the molecule is CC(c1ccccc1Oc1ccc(N)cc1)c1ccccc1Oc1cccc(N)c1. The molecule has 0 fully saturated rings. The second kappa shape index (κ2) is 8.62. The van der Waals surface area contributed by atoms with Crippen LogP contribution in [0.5, 0.6) is 23.0 Å². The molecular weight excluding hydrogens is 372 g/mol. The first kappa shape index (κ1) is 19.4. The molecule has 0 heterocycles. The van der Waals surface area contributed by atoms with Crippen molar-refractivity contribution in [2.45, 2.75) is 12.8 Å². The number of benzene rings is 4. The van der Waals surface area contributed by atoms with Gasteiger partial charge in [0.25, 0.3) is 0 Å². The average Bonchev–Trinajstić information content (AvgIpc) is 2.76. The molecule has 30 heavy (non-hydrogen) atoms. The molecule has 0 bridgehead atoms. The molecule has 1 atom stereocenters. The maximum absolute atomic E-state index is 6.17. The molecule has 4 aromatic carbocycles. The van der Waals surface area contributed by atoms with Gasteiger partial charge in [0.05, 0.1) is 0 Å². The third-order valence-corrected chi connectivity index (χ3v) is 4.96. The fourth-order valence-electron chi connectivity index (χ4n) is 3.40. The number of rotatable bonds is 6. The van der Waals surface area contributed by atoms with Crippen molar-refractivity contribution in [2.24, 2.45) is 0 Å². The molecule has 0 aliphatic heterocycles. The van der Waals surface area contributed by atoms with Gasteiger partial charge in [-0.25, -0.2) is 0 Å². The molecule has 0 aliphatic carbocycles. The quantitative estimate of drug-likeness (QED) is 0.361. The number of nitrogen functional groups attached to an aromatic ring is 2. The van der Waals surface area contributed by atoms with Crippen LogP contribution in [0.1, 0.15) is 24.0 Å². The van der Waals surface area contributed by atoms with Crippen molar-refractivity contribution in [1.82, 2.24) is 0 Å². The smallest absolute Gasteiger partial charge is 0.131 e. The highest BCUT2D eigenvalue weighted by Gasteiger charge is 2.18. The van der Waals surface area contributed by atoms with Crippen LogP contribution in [0.4, 0.5) is 11.4 Å². The Kier molecular flexibility index (Phi) is 5.57. The lowest BCUT2D eigenvalue weighted by Crippen LogP contribution is -2.01. The van der Waals surface area contributed by atoms with E-state index in [2.05, 4.69) is 19.1 Å². The summed E-state index contributed by atoms with van der Waals surface area (Å²) < 4.78 is 12.3. The van der Waals surface area contributed by atoms with Crippen LogP contribution in [0.2, 0.25) is 0 Å². The van der Waals surface area contributed by atoms with Crippen LogP contribution in [0.15, 0.2) is 97.1 Å². The first-order valence-corrected chi connectivity index (χ1v) is 9.85. The second-order valence-corrected chi connectivity index (χ2v) is 7.14. The first-order chi connectivity index (χ1) is 14.6. The molecule has 4 aromatic rings. The zero-order valence-corrected chi connectivity index (χ0v) is 16.8. The van der Waals surface area contributed by atoms with Gasteiger partial charge in [0.15, 0.2) is 0 Å². The molecule has 0 aliphatic rings. The summed E-state index contributed by atoms with van der Waals surface area (Å²) in [5.41, 5.74) is 15.2. The number of hydrogen-bond donors (Lipinski definition) is 2. The maximum Gasteiger partial charge on any atom is 0.131 e. The van der Waals surface area contributed by atoms with E-state index in [0.29, 0.717) is 17.1 Å². The zero-order chi connectivity index (χ0) is 20.9. The zero-order valence-electron chi connectivity index (χ0n) is 16.8. The van der Waals surface area contributed by atoms with Crippen LogP contribution < -0.4 is 20.9 Å². The van der Waals surface area contributed by atoms with Crippen molar-refractivity contribution in [3.63, 3.8) is 0 Å². The molecule has 4 nitrogen and oxygen atoms in total. The van der Waals surface area contributed by atoms with E-state index >= 15 is 0 Å². The summed E-state index contributed by atoms with van der Waals surface area (Å²) in [6, 6.07) is 30.9. The van der Waals surface area contributed by atoms with Crippen molar-refractivity contribution < 1.29 is 9.47 Å². The molecule has 0 aromatic heterocycles. The van der Waals surface area contributed by atoms with Crippen molar-refractivity contribution in [3.05, 3.63) is 108 Å². The van der Waals surface area contributed by atoms with Gasteiger partial charge in [0, 0.05) is 34.5 Å². The Morgan fingerprint density at radius 2 is 1.13 bits per heavy atom. The molecule has 4 heteroatoms. The standard InChI is InChI=1S/C26H24N2O2/c1-18(23-9-2-4-11-25(23)29-21-15-13-19(27)14-16-21)24-10-3-5-12-26(24)30-22-8-6-7-20(28)17-22/h2-18H,27-28H2,1H3. The van der Waals surface area contributed by atoms with Crippen LogP contribution in [0.3, 0.4) is 0 Å². The molecule has 4 rings (SSSR count). The predicted octanol–water partition coefficient (Wildman–Crippen LogP) is 6.59. The largest absolute Gasteiger partial charge is 0.457 e. The van der Waals surface area contributed by atoms with Crippen molar-refractivity contribution in [3.8, 4) is 23.0 Å². The highest BCUT2D eigenvalue weighted by molar-refractivity contribution is 5.51. The molecule has 1 unspecified atom stereocenters. The van der Waals surface area contributed by atoms with E-state index in [1.165, 1.54) is 0 Å². The fraction of sp³-hybridized carbons (Fsp3) is 0.0769. The summed E-state index contributed by atoms with van der Waals surface area (Å²) in [5, 5.41) is 0. The molecule has 150 valence electrons. The van der Waals surface area contributed by atoms with Crippen LogP contribution in [-0.2, 0) is 0 Å². The summed E-state index contributed by atoms with van der Waals surface area (Å²) in [4.78, 5) is 0. The number of nitrogens with two attached hydrogens (primary N) is 2. The summed E-state index contributed by atoms with van der Waals surface area (Å²) in [7, 11) is 0. The minimum absolute atomic E-state index is 0.0484. The van der Waals surface area contributed by atoms with Gasteiger partial charge in [0.2, 0.25) is 0 Å². The van der Waals surface area contributed by atoms with Crippen molar-refractivity contribution >= 4 is 11.4 Å². The molecule has 4 N–H and O–H groups in total. The topological polar surface area (TPSA) is 70.5 Å². The molecule has 0 saturated carbocycles. The van der Waals surface area contributed by atoms with E-state index in [-0.39, 0.29) is 5.92 Å². The molecule has 0 saturated heterocycles. The van der Waals surface area contributed by atoms with Gasteiger partial charge < -0.3 is 20.9 Å². The van der Waals surface area contributed by atoms with Gasteiger partial charge in [-0.2, -0.15) is 0 Å². The first-order valence-electron chi connectivity index (χ1n) is 9.85. The maximum atomic E-state index is 6.17. The lowest BCUT2D eigenvalue weighted by atomic mass is 9.91. The second-order valence-electron chi connectivity index (χ2n) is 7.14. The van der Waals surface area contributed by atoms with Gasteiger partial charge in [-0.15, -0.1) is 0 Å².